The number of benzene rings is 2. The van der Waals surface area contributed by atoms with Crippen LogP contribution < -0.4 is 31.3 Å². The first-order valence-corrected chi connectivity index (χ1v) is 12.1. The lowest BCUT2D eigenvalue weighted by Crippen LogP contribution is -2.29. The molecular weight excluding hydrogens is 484 g/mol. The molecule has 12 heteroatoms. The standard InChI is InChI=1S/C26H34N10O2/c1-28-26(37)31-19-15-29-25(32-24(19)23-16-9-7-8-10-20(16)36(5)33-23)30-18-13-17(27)21(14-22(18)38-6)35(4)12-11-34(2)3/h7-10,13-15H,11-12,27H2,1-6H3,(H2,28,31,37)(H,29,30,32). The summed E-state index contributed by atoms with van der Waals surface area (Å²) in [6, 6.07) is 11.1. The maximum Gasteiger partial charge on any atom is 0.319 e. The number of carbonyl (C=O) groups excluding carboxylic acids is 1. The number of para-hydroxylation sites is 1. The van der Waals surface area contributed by atoms with Crippen molar-refractivity contribution in [1.82, 2.24) is 30.0 Å². The molecular formula is C26H34N10O2. The molecule has 0 spiro atoms. The molecule has 0 saturated carbocycles. The van der Waals surface area contributed by atoms with Gasteiger partial charge in [-0.15, -0.1) is 0 Å². The normalized spacial score (nSPS) is 11.0. The largest absolute Gasteiger partial charge is 0.494 e. The van der Waals surface area contributed by atoms with E-state index in [-0.39, 0.29) is 6.03 Å². The molecule has 4 aromatic rings. The molecule has 38 heavy (non-hydrogen) atoms. The summed E-state index contributed by atoms with van der Waals surface area (Å²) in [7, 11) is 11.1. The predicted octanol–water partition coefficient (Wildman–Crippen LogP) is 3.11. The minimum absolute atomic E-state index is 0.295. The number of amides is 2. The molecule has 2 amide bonds. The lowest BCUT2D eigenvalue weighted by molar-refractivity contribution is 0.254. The zero-order valence-corrected chi connectivity index (χ0v) is 22.5. The Bertz CT molecular complexity index is 1450. The van der Waals surface area contributed by atoms with Crippen LogP contribution in [0.2, 0.25) is 0 Å². The van der Waals surface area contributed by atoms with Gasteiger partial charge in [0, 0.05) is 45.7 Å². The van der Waals surface area contributed by atoms with Crippen molar-refractivity contribution in [2.45, 2.75) is 0 Å². The first-order chi connectivity index (χ1) is 18.2. The molecule has 0 aliphatic carbocycles. The number of nitrogens with two attached hydrogens (primary N) is 1. The predicted molar refractivity (Wildman–Crippen MR) is 152 cm³/mol. The number of hydrogen-bond donors (Lipinski definition) is 4. The minimum Gasteiger partial charge on any atom is -0.494 e. The highest BCUT2D eigenvalue weighted by Crippen LogP contribution is 2.37. The van der Waals surface area contributed by atoms with Gasteiger partial charge in [-0.2, -0.15) is 5.10 Å². The topological polar surface area (TPSA) is 138 Å². The Morgan fingerprint density at radius 3 is 2.58 bits per heavy atom. The van der Waals surface area contributed by atoms with Gasteiger partial charge in [0.25, 0.3) is 0 Å². The maximum absolute atomic E-state index is 12.1. The molecule has 0 aliphatic rings. The van der Waals surface area contributed by atoms with E-state index in [0.29, 0.717) is 40.1 Å². The Labute approximate surface area is 221 Å². The van der Waals surface area contributed by atoms with Crippen LogP contribution in [0.5, 0.6) is 5.75 Å². The Morgan fingerprint density at radius 1 is 1.11 bits per heavy atom. The van der Waals surface area contributed by atoms with Gasteiger partial charge in [0.05, 0.1) is 41.6 Å². The monoisotopic (exact) mass is 518 g/mol. The van der Waals surface area contributed by atoms with Crippen molar-refractivity contribution in [1.29, 1.82) is 0 Å². The van der Waals surface area contributed by atoms with E-state index in [0.717, 1.165) is 29.7 Å². The summed E-state index contributed by atoms with van der Waals surface area (Å²) in [5.74, 6) is 0.885. The van der Waals surface area contributed by atoms with Gasteiger partial charge in [-0.3, -0.25) is 4.68 Å². The number of methoxy groups -OCH3 is 1. The fraction of sp³-hybridized carbons (Fsp3) is 0.308. The third-order valence-corrected chi connectivity index (χ3v) is 6.14. The highest BCUT2D eigenvalue weighted by molar-refractivity contribution is 5.99. The van der Waals surface area contributed by atoms with Gasteiger partial charge in [-0.25, -0.2) is 14.8 Å². The fourth-order valence-corrected chi connectivity index (χ4v) is 4.06. The van der Waals surface area contributed by atoms with Crippen LogP contribution >= 0.6 is 0 Å². The summed E-state index contributed by atoms with van der Waals surface area (Å²) < 4.78 is 7.44. The van der Waals surface area contributed by atoms with E-state index in [1.807, 2.05) is 58.5 Å². The first kappa shape index (κ1) is 26.5. The van der Waals surface area contributed by atoms with Crippen molar-refractivity contribution in [3.8, 4) is 17.1 Å². The Morgan fingerprint density at radius 2 is 1.87 bits per heavy atom. The number of carbonyl (C=O) groups is 1. The van der Waals surface area contributed by atoms with Crippen molar-refractivity contribution < 1.29 is 9.53 Å². The van der Waals surface area contributed by atoms with Crippen molar-refractivity contribution in [3.63, 3.8) is 0 Å². The summed E-state index contributed by atoms with van der Waals surface area (Å²) in [5.41, 5.74) is 10.9. The molecule has 0 fully saturated rings. The maximum atomic E-state index is 12.1. The Kier molecular flexibility index (Phi) is 7.82. The van der Waals surface area contributed by atoms with Gasteiger partial charge in [-0.1, -0.05) is 18.2 Å². The number of urea groups is 1. The second kappa shape index (κ2) is 11.2. The van der Waals surface area contributed by atoms with E-state index in [1.165, 1.54) is 0 Å². The number of likely N-dealkylation sites (N-methyl/N-ethyl adjacent to an activating group) is 2. The number of anilines is 5. The molecule has 0 saturated heterocycles. The Balaban J connectivity index is 1.74. The minimum atomic E-state index is -0.390. The van der Waals surface area contributed by atoms with Crippen LogP contribution in [-0.2, 0) is 7.05 Å². The van der Waals surface area contributed by atoms with Crippen LogP contribution in [-0.4, -0.2) is 79.1 Å². The van der Waals surface area contributed by atoms with Crippen molar-refractivity contribution in [2.75, 3.05) is 69.7 Å². The molecule has 12 nitrogen and oxygen atoms in total. The molecule has 5 N–H and O–H groups in total. The van der Waals surface area contributed by atoms with E-state index in [2.05, 4.69) is 35.8 Å². The number of aryl methyl sites for hydroxylation is 1. The second-order valence-electron chi connectivity index (χ2n) is 9.11. The number of hydrogen-bond acceptors (Lipinski definition) is 9. The first-order valence-electron chi connectivity index (χ1n) is 12.1. The number of fused-ring (bicyclic) bond motifs is 1. The molecule has 0 radical (unpaired) electrons. The van der Waals surface area contributed by atoms with Gasteiger partial charge in [-0.05, 0) is 26.2 Å². The van der Waals surface area contributed by atoms with E-state index < -0.39 is 0 Å². The van der Waals surface area contributed by atoms with E-state index >= 15 is 0 Å². The van der Waals surface area contributed by atoms with Crippen molar-refractivity contribution in [3.05, 3.63) is 42.6 Å². The number of nitrogens with one attached hydrogen (secondary N) is 3. The molecule has 2 heterocycles. The molecule has 2 aromatic heterocycles. The van der Waals surface area contributed by atoms with Crippen LogP contribution in [0.4, 0.5) is 33.5 Å². The molecule has 0 unspecified atom stereocenters. The zero-order valence-electron chi connectivity index (χ0n) is 22.5. The Hall–Kier alpha value is -4.58. The number of ether oxygens (including phenoxy) is 1. The van der Waals surface area contributed by atoms with Gasteiger partial charge in [0.2, 0.25) is 5.95 Å². The zero-order chi connectivity index (χ0) is 27.4. The van der Waals surface area contributed by atoms with E-state index in [4.69, 9.17) is 15.5 Å². The summed E-state index contributed by atoms with van der Waals surface area (Å²) in [6.45, 7) is 1.69. The van der Waals surface area contributed by atoms with Crippen LogP contribution in [0.25, 0.3) is 22.3 Å². The van der Waals surface area contributed by atoms with Gasteiger partial charge in [0.15, 0.2) is 0 Å². The fourth-order valence-electron chi connectivity index (χ4n) is 4.06. The number of nitrogen functional groups attached to an aromatic ring is 1. The lowest BCUT2D eigenvalue weighted by Gasteiger charge is -2.24. The summed E-state index contributed by atoms with van der Waals surface area (Å²) in [6.07, 6.45) is 1.54. The average molecular weight is 519 g/mol. The SMILES string of the molecule is CNC(=O)Nc1cnc(Nc2cc(N)c(N(C)CCN(C)C)cc2OC)nc1-c1nn(C)c2ccccc12. The smallest absolute Gasteiger partial charge is 0.319 e. The van der Waals surface area contributed by atoms with Crippen LogP contribution in [0.3, 0.4) is 0 Å². The molecule has 200 valence electrons. The summed E-state index contributed by atoms with van der Waals surface area (Å²) in [5, 5.41) is 14.1. The van der Waals surface area contributed by atoms with Crippen molar-refractivity contribution >= 4 is 45.6 Å². The highest BCUT2D eigenvalue weighted by Gasteiger charge is 2.19. The molecule has 4 rings (SSSR count). The van der Waals surface area contributed by atoms with Crippen molar-refractivity contribution in [2.24, 2.45) is 7.05 Å². The van der Waals surface area contributed by atoms with Gasteiger partial charge >= 0.3 is 6.03 Å². The number of nitrogens with zero attached hydrogens (tertiary/aromatic N) is 6. The average Bonchev–Trinajstić information content (AvgIpc) is 3.24. The molecule has 0 aliphatic heterocycles. The van der Waals surface area contributed by atoms with E-state index in [9.17, 15) is 4.79 Å². The van der Waals surface area contributed by atoms with Crippen LogP contribution in [0, 0.1) is 0 Å². The quantitative estimate of drug-likeness (QED) is 0.246. The van der Waals surface area contributed by atoms with Crippen LogP contribution in [0.1, 0.15) is 0 Å². The molecule has 0 bridgehead atoms. The molecule has 0 atom stereocenters. The van der Waals surface area contributed by atoms with E-state index in [1.54, 1.807) is 31.1 Å². The summed E-state index contributed by atoms with van der Waals surface area (Å²) in [4.78, 5) is 25.5. The van der Waals surface area contributed by atoms with Gasteiger partial charge < -0.3 is 36.2 Å². The van der Waals surface area contributed by atoms with Crippen LogP contribution in [0.15, 0.2) is 42.6 Å². The highest BCUT2D eigenvalue weighted by atomic mass is 16.5. The molecule has 2 aromatic carbocycles. The third-order valence-electron chi connectivity index (χ3n) is 6.14. The lowest BCUT2D eigenvalue weighted by atomic mass is 10.1. The number of aromatic nitrogens is 4. The number of rotatable bonds is 9. The van der Waals surface area contributed by atoms with Gasteiger partial charge in [0.1, 0.15) is 17.1 Å². The third kappa shape index (κ3) is 5.54. The second-order valence-corrected chi connectivity index (χ2v) is 9.11. The summed E-state index contributed by atoms with van der Waals surface area (Å²) >= 11 is 0.